The molecule has 152 valence electrons. The zero-order valence-electron chi connectivity index (χ0n) is 14.7. The molecule has 0 atom stereocenters. The number of aliphatic imine (C=N–C) groups is 8. The summed E-state index contributed by atoms with van der Waals surface area (Å²) in [6.45, 7) is 3.11. The average molecular weight is 433 g/mol. The van der Waals surface area contributed by atoms with Crippen LogP contribution in [0.15, 0.2) is 39.9 Å². The summed E-state index contributed by atoms with van der Waals surface area (Å²) in [5.41, 5.74) is 0. The molecule has 28 heavy (non-hydrogen) atoms. The molecule has 4 heterocycles. The number of nitrogens with zero attached hydrogens (tertiary/aromatic N) is 8. The van der Waals surface area contributed by atoms with Crippen molar-refractivity contribution < 1.29 is 36.3 Å². The van der Waals surface area contributed by atoms with Gasteiger partial charge in [-0.2, -0.15) is 0 Å². The van der Waals surface area contributed by atoms with Gasteiger partial charge < -0.3 is 19.8 Å². The zero-order valence-corrected chi connectivity index (χ0v) is 15.7. The second-order valence-electron chi connectivity index (χ2n) is 4.17. The van der Waals surface area contributed by atoms with Gasteiger partial charge in [-0.15, -0.1) is 0 Å². The molecule has 0 aromatic carbocycles. The SMILES string of the molecule is C1=NC=NC1.C1=NC=NC1.C1=NC=NC1.C1=NC=NC1.O=C([O-])CC(=O)[O-].[Ni+2]. The van der Waals surface area contributed by atoms with Crippen LogP contribution in [0.25, 0.3) is 0 Å². The maximum absolute atomic E-state index is 9.28. The van der Waals surface area contributed by atoms with Crippen LogP contribution in [0.5, 0.6) is 0 Å². The topological polar surface area (TPSA) is 179 Å². The Bertz CT molecular complexity index is 529. The number of hydrogen-bond donors (Lipinski definition) is 0. The first kappa shape index (κ1) is 27.0. The van der Waals surface area contributed by atoms with E-state index in [1.165, 1.54) is 0 Å². The van der Waals surface area contributed by atoms with E-state index in [0.717, 1.165) is 26.2 Å². The Morgan fingerprint density at radius 2 is 0.857 bits per heavy atom. The molecule has 0 saturated heterocycles. The molecule has 0 amide bonds. The monoisotopic (exact) mass is 432 g/mol. The summed E-state index contributed by atoms with van der Waals surface area (Å²) in [5.74, 6) is -3.25. The fraction of sp³-hybridized carbons (Fsp3) is 0.333. The van der Waals surface area contributed by atoms with E-state index in [1.807, 2.05) is 0 Å². The van der Waals surface area contributed by atoms with Crippen LogP contribution in [0, 0.1) is 0 Å². The minimum Gasteiger partial charge on any atom is -0.550 e. The van der Waals surface area contributed by atoms with Crippen molar-refractivity contribution in [1.82, 2.24) is 0 Å². The van der Waals surface area contributed by atoms with E-state index in [1.54, 1.807) is 50.2 Å². The van der Waals surface area contributed by atoms with Gasteiger partial charge in [-0.05, 0) is 0 Å². The van der Waals surface area contributed by atoms with Gasteiger partial charge in [0.15, 0.2) is 0 Å². The Balaban J connectivity index is 0. The molecule has 0 N–H and O–H groups in total. The second kappa shape index (κ2) is 21.8. The van der Waals surface area contributed by atoms with Crippen LogP contribution in [0.1, 0.15) is 6.42 Å². The number of carboxylic acid groups (broad SMARTS) is 2. The molecule has 0 aliphatic carbocycles. The van der Waals surface area contributed by atoms with E-state index in [-0.39, 0.29) is 16.5 Å². The van der Waals surface area contributed by atoms with Gasteiger partial charge in [-0.25, -0.2) is 20.0 Å². The van der Waals surface area contributed by atoms with Crippen molar-refractivity contribution in [2.75, 3.05) is 26.2 Å². The predicted octanol–water partition coefficient (Wildman–Crippen LogP) is -2.73. The number of carbonyl (C=O) groups excluding carboxylic acids is 2. The molecule has 0 aromatic heterocycles. The largest absolute Gasteiger partial charge is 2.00 e. The first-order valence-corrected chi connectivity index (χ1v) is 7.52. The second-order valence-corrected chi connectivity index (χ2v) is 4.17. The number of carboxylic acids is 2. The summed E-state index contributed by atoms with van der Waals surface area (Å²) in [5, 5.41) is 18.6. The van der Waals surface area contributed by atoms with Gasteiger partial charge in [0.05, 0.1) is 26.2 Å². The minimum atomic E-state index is -1.63. The Morgan fingerprint density at radius 1 is 0.607 bits per heavy atom. The van der Waals surface area contributed by atoms with Crippen molar-refractivity contribution in [1.29, 1.82) is 0 Å². The Morgan fingerprint density at radius 3 is 0.893 bits per heavy atom. The zero-order chi connectivity index (χ0) is 20.0. The molecule has 13 heteroatoms. The number of rotatable bonds is 2. The van der Waals surface area contributed by atoms with Gasteiger partial charge >= 0.3 is 16.5 Å². The van der Waals surface area contributed by atoms with Crippen LogP contribution in [0.3, 0.4) is 0 Å². The van der Waals surface area contributed by atoms with Crippen molar-refractivity contribution in [3.05, 3.63) is 0 Å². The van der Waals surface area contributed by atoms with Crippen LogP contribution in [-0.4, -0.2) is 88.3 Å². The summed E-state index contributed by atoms with van der Waals surface area (Å²) < 4.78 is 0. The maximum atomic E-state index is 9.28. The predicted molar refractivity (Wildman–Crippen MR) is 102 cm³/mol. The third-order valence-electron chi connectivity index (χ3n) is 2.05. The summed E-state index contributed by atoms with van der Waals surface area (Å²) in [7, 11) is 0. The summed E-state index contributed by atoms with van der Waals surface area (Å²) in [6.07, 6.45) is 12.2. The first-order chi connectivity index (χ1) is 13.1. The van der Waals surface area contributed by atoms with Gasteiger partial charge in [-0.3, -0.25) is 20.0 Å². The van der Waals surface area contributed by atoms with Crippen LogP contribution in [0.2, 0.25) is 0 Å². The molecule has 0 saturated carbocycles. The molecular formula is C15H18N8NiO4. The molecule has 0 fully saturated rings. The molecule has 0 aromatic rings. The number of aliphatic carboxylic acids is 2. The van der Waals surface area contributed by atoms with Crippen molar-refractivity contribution in [3.8, 4) is 0 Å². The molecule has 4 rings (SSSR count). The molecule has 4 aliphatic rings. The fourth-order valence-electron chi connectivity index (χ4n) is 1.06. The van der Waals surface area contributed by atoms with Crippen LogP contribution in [-0.2, 0) is 26.1 Å². The van der Waals surface area contributed by atoms with E-state index in [2.05, 4.69) is 39.9 Å². The van der Waals surface area contributed by atoms with E-state index in [4.69, 9.17) is 0 Å². The normalized spacial score (nSPS) is 14.6. The van der Waals surface area contributed by atoms with E-state index in [0.29, 0.717) is 0 Å². The molecule has 12 nitrogen and oxygen atoms in total. The van der Waals surface area contributed by atoms with E-state index in [9.17, 15) is 19.8 Å². The molecule has 0 spiro atoms. The molecular weight excluding hydrogens is 415 g/mol. The number of carbonyl (C=O) groups is 2. The Hall–Kier alpha value is -3.21. The van der Waals surface area contributed by atoms with Gasteiger partial charge in [-0.1, -0.05) is 0 Å². The van der Waals surface area contributed by atoms with Crippen molar-refractivity contribution in [2.45, 2.75) is 6.42 Å². The standard InChI is InChI=1S/4C3H4N2.C3H4O4.Ni/c4*1-2-5-3-4-1;4-2(5)1-3(6)7;/h4*1,3H,2H2;1H2,(H,4,5)(H,6,7);/q;;;;;+2/p-2. The molecule has 0 unspecified atom stereocenters. The van der Waals surface area contributed by atoms with Crippen LogP contribution in [0.4, 0.5) is 0 Å². The summed E-state index contributed by atoms with van der Waals surface area (Å²) in [4.78, 5) is 48.2. The van der Waals surface area contributed by atoms with Crippen molar-refractivity contribution in [2.24, 2.45) is 39.9 Å². The van der Waals surface area contributed by atoms with E-state index >= 15 is 0 Å². The quantitative estimate of drug-likeness (QED) is 0.339. The summed E-state index contributed by atoms with van der Waals surface area (Å²) >= 11 is 0. The smallest absolute Gasteiger partial charge is 0.550 e. The third-order valence-corrected chi connectivity index (χ3v) is 2.05. The average Bonchev–Trinajstić information content (AvgIpc) is 3.52. The molecule has 0 bridgehead atoms. The number of hydrogen-bond acceptors (Lipinski definition) is 12. The minimum absolute atomic E-state index is 0. The van der Waals surface area contributed by atoms with Crippen LogP contribution < -0.4 is 10.2 Å². The van der Waals surface area contributed by atoms with Gasteiger partial charge in [0.1, 0.15) is 25.4 Å². The van der Waals surface area contributed by atoms with Crippen molar-refractivity contribution >= 4 is 62.2 Å². The Labute approximate surface area is 171 Å². The Kier molecular flexibility index (Phi) is 21.1. The maximum Gasteiger partial charge on any atom is 2.00 e. The van der Waals surface area contributed by atoms with Crippen LogP contribution >= 0.6 is 0 Å². The van der Waals surface area contributed by atoms with Gasteiger partial charge in [0, 0.05) is 43.2 Å². The van der Waals surface area contributed by atoms with Crippen molar-refractivity contribution in [3.63, 3.8) is 0 Å². The third kappa shape index (κ3) is 25.0. The molecule has 0 radical (unpaired) electrons. The first-order valence-electron chi connectivity index (χ1n) is 7.52. The summed E-state index contributed by atoms with van der Waals surface area (Å²) in [6, 6.07) is 0. The van der Waals surface area contributed by atoms with Gasteiger partial charge in [0.2, 0.25) is 0 Å². The van der Waals surface area contributed by atoms with E-state index < -0.39 is 18.4 Å². The molecule has 4 aliphatic heterocycles. The van der Waals surface area contributed by atoms with Gasteiger partial charge in [0.25, 0.3) is 0 Å². The fourth-order valence-corrected chi connectivity index (χ4v) is 1.06.